The van der Waals surface area contributed by atoms with Crippen LogP contribution in [0.25, 0.3) is 0 Å². The Morgan fingerprint density at radius 3 is 2.86 bits per heavy atom. The summed E-state index contributed by atoms with van der Waals surface area (Å²) in [4.78, 5) is 12.1. The molecule has 0 spiro atoms. The quantitative estimate of drug-likeness (QED) is 0.783. The molecule has 2 aliphatic carbocycles. The Morgan fingerprint density at radius 1 is 1.36 bits per heavy atom. The fourth-order valence-electron chi connectivity index (χ4n) is 3.68. The van der Waals surface area contributed by atoms with E-state index in [1.54, 1.807) is 0 Å². The first-order valence-electron chi connectivity index (χ1n) is 8.32. The van der Waals surface area contributed by atoms with Gasteiger partial charge < -0.3 is 15.7 Å². The van der Waals surface area contributed by atoms with Gasteiger partial charge in [-0.25, -0.2) is 4.79 Å². The fourth-order valence-corrected chi connectivity index (χ4v) is 3.68. The number of nitrogens with one attached hydrogen (secondary N) is 2. The van der Waals surface area contributed by atoms with Crippen LogP contribution in [-0.4, -0.2) is 30.3 Å². The topological polar surface area (TPSA) is 61.4 Å². The molecule has 4 unspecified atom stereocenters. The van der Waals surface area contributed by atoms with Gasteiger partial charge >= 0.3 is 6.03 Å². The van der Waals surface area contributed by atoms with Gasteiger partial charge in [-0.05, 0) is 36.7 Å². The number of carbonyl (C=O) groups is 1. The van der Waals surface area contributed by atoms with E-state index in [2.05, 4.69) is 41.8 Å². The molecule has 4 nitrogen and oxygen atoms in total. The number of rotatable bonds is 5. The molecule has 3 N–H and O–H groups in total. The Bertz CT molecular complexity index is 519. The molecule has 0 heterocycles. The second-order valence-corrected chi connectivity index (χ2v) is 7.12. The van der Waals surface area contributed by atoms with Crippen molar-refractivity contribution in [2.75, 3.05) is 13.2 Å². The van der Waals surface area contributed by atoms with Gasteiger partial charge in [-0.1, -0.05) is 43.7 Å². The van der Waals surface area contributed by atoms with E-state index in [1.807, 2.05) is 6.07 Å². The number of carbonyl (C=O) groups excluding carboxylic acids is 1. The lowest BCUT2D eigenvalue weighted by Crippen LogP contribution is -2.49. The molecule has 0 aliphatic heterocycles. The highest BCUT2D eigenvalue weighted by Gasteiger charge is 2.40. The van der Waals surface area contributed by atoms with Crippen LogP contribution in [0.1, 0.15) is 44.1 Å². The van der Waals surface area contributed by atoms with Gasteiger partial charge in [-0.2, -0.15) is 0 Å². The second-order valence-electron chi connectivity index (χ2n) is 7.12. The molecule has 2 fully saturated rings. The zero-order valence-corrected chi connectivity index (χ0v) is 13.2. The Balaban J connectivity index is 1.42. The van der Waals surface area contributed by atoms with Crippen molar-refractivity contribution in [3.8, 4) is 0 Å². The van der Waals surface area contributed by atoms with Gasteiger partial charge in [0.15, 0.2) is 0 Å². The number of amides is 2. The summed E-state index contributed by atoms with van der Waals surface area (Å²) in [6.45, 7) is 2.92. The molecule has 0 bridgehead atoms. The van der Waals surface area contributed by atoms with Gasteiger partial charge in [-0.15, -0.1) is 0 Å². The Kier molecular flexibility index (Phi) is 4.39. The van der Waals surface area contributed by atoms with E-state index in [0.29, 0.717) is 11.8 Å². The van der Waals surface area contributed by atoms with Crippen molar-refractivity contribution in [1.29, 1.82) is 0 Å². The number of benzene rings is 1. The molecule has 0 aromatic heterocycles. The molecular formula is C18H26N2O2. The van der Waals surface area contributed by atoms with Crippen LogP contribution in [-0.2, 0) is 0 Å². The molecule has 4 atom stereocenters. The van der Waals surface area contributed by atoms with Crippen LogP contribution in [0.2, 0.25) is 0 Å². The minimum Gasteiger partial charge on any atom is -0.396 e. The van der Waals surface area contributed by atoms with Crippen LogP contribution >= 0.6 is 0 Å². The van der Waals surface area contributed by atoms with Gasteiger partial charge in [0.25, 0.3) is 0 Å². The largest absolute Gasteiger partial charge is 0.396 e. The van der Waals surface area contributed by atoms with E-state index in [1.165, 1.54) is 5.56 Å². The van der Waals surface area contributed by atoms with Gasteiger partial charge in [0.1, 0.15) is 0 Å². The average Bonchev–Trinajstić information content (AvgIpc) is 3.24. The van der Waals surface area contributed by atoms with E-state index in [4.69, 9.17) is 0 Å². The highest BCUT2D eigenvalue weighted by Crippen LogP contribution is 2.46. The molecular weight excluding hydrogens is 276 g/mol. The van der Waals surface area contributed by atoms with E-state index >= 15 is 0 Å². The standard InChI is InChI=1S/C18H26N2O2/c1-18(12-21)9-5-8-16(18)20-17(22)19-11-14-10-15(14)13-6-3-2-4-7-13/h2-4,6-7,14-16,21H,5,8-12H2,1H3,(H2,19,20,22). The maximum Gasteiger partial charge on any atom is 0.315 e. The van der Waals surface area contributed by atoms with Crippen LogP contribution in [0, 0.1) is 11.3 Å². The van der Waals surface area contributed by atoms with Crippen LogP contribution in [0.15, 0.2) is 30.3 Å². The number of aliphatic hydroxyl groups is 1. The molecule has 120 valence electrons. The third kappa shape index (κ3) is 3.27. The zero-order valence-electron chi connectivity index (χ0n) is 13.2. The lowest BCUT2D eigenvalue weighted by atomic mass is 9.86. The fraction of sp³-hybridized carbons (Fsp3) is 0.611. The number of hydrogen-bond acceptors (Lipinski definition) is 2. The molecule has 2 aliphatic rings. The van der Waals surface area contributed by atoms with Crippen molar-refractivity contribution in [2.45, 2.75) is 44.6 Å². The van der Waals surface area contributed by atoms with E-state index in [-0.39, 0.29) is 24.1 Å². The summed E-state index contributed by atoms with van der Waals surface area (Å²) in [5.74, 6) is 1.15. The summed E-state index contributed by atoms with van der Waals surface area (Å²) in [6, 6.07) is 10.5. The van der Waals surface area contributed by atoms with Crippen molar-refractivity contribution in [1.82, 2.24) is 10.6 Å². The summed E-state index contributed by atoms with van der Waals surface area (Å²) in [5.41, 5.74) is 1.21. The molecule has 2 saturated carbocycles. The number of aliphatic hydroxyl groups excluding tert-OH is 1. The normalized spacial score (nSPS) is 33.5. The number of urea groups is 1. The van der Waals surface area contributed by atoms with Crippen molar-refractivity contribution >= 4 is 6.03 Å². The van der Waals surface area contributed by atoms with Crippen LogP contribution < -0.4 is 10.6 Å². The van der Waals surface area contributed by atoms with Gasteiger partial charge in [0.2, 0.25) is 0 Å². The predicted molar refractivity (Wildman–Crippen MR) is 86.7 cm³/mol. The Morgan fingerprint density at radius 2 is 2.14 bits per heavy atom. The van der Waals surface area contributed by atoms with Crippen molar-refractivity contribution < 1.29 is 9.90 Å². The van der Waals surface area contributed by atoms with Crippen LogP contribution in [0.5, 0.6) is 0 Å². The Labute approximate surface area is 132 Å². The molecule has 3 rings (SSSR count). The molecule has 4 heteroatoms. The summed E-state index contributed by atoms with van der Waals surface area (Å²) in [7, 11) is 0. The molecule has 2 amide bonds. The number of hydrogen-bond donors (Lipinski definition) is 3. The smallest absolute Gasteiger partial charge is 0.315 e. The SMILES string of the molecule is CC1(CO)CCCC1NC(=O)NCC1CC1c1ccccc1. The highest BCUT2D eigenvalue weighted by molar-refractivity contribution is 5.74. The lowest BCUT2D eigenvalue weighted by molar-refractivity contribution is 0.121. The third-order valence-electron chi connectivity index (χ3n) is 5.42. The maximum absolute atomic E-state index is 12.1. The minimum atomic E-state index is -0.163. The summed E-state index contributed by atoms with van der Waals surface area (Å²) in [5, 5.41) is 15.6. The highest BCUT2D eigenvalue weighted by atomic mass is 16.3. The first kappa shape index (κ1) is 15.3. The molecule has 22 heavy (non-hydrogen) atoms. The van der Waals surface area contributed by atoms with Crippen LogP contribution in [0.3, 0.4) is 0 Å². The molecule has 1 aromatic carbocycles. The molecule has 0 saturated heterocycles. The minimum absolute atomic E-state index is 0.0848. The van der Waals surface area contributed by atoms with Gasteiger partial charge in [0, 0.05) is 18.0 Å². The first-order chi connectivity index (χ1) is 10.6. The van der Waals surface area contributed by atoms with Gasteiger partial charge in [0.05, 0.1) is 6.61 Å². The summed E-state index contributed by atoms with van der Waals surface area (Å²) >= 11 is 0. The van der Waals surface area contributed by atoms with Crippen LogP contribution in [0.4, 0.5) is 4.79 Å². The summed E-state index contributed by atoms with van der Waals surface area (Å²) < 4.78 is 0. The average molecular weight is 302 g/mol. The lowest BCUT2D eigenvalue weighted by Gasteiger charge is -2.30. The monoisotopic (exact) mass is 302 g/mol. The Hall–Kier alpha value is -1.55. The third-order valence-corrected chi connectivity index (χ3v) is 5.42. The van der Waals surface area contributed by atoms with E-state index < -0.39 is 0 Å². The van der Waals surface area contributed by atoms with Crippen molar-refractivity contribution in [3.63, 3.8) is 0 Å². The van der Waals surface area contributed by atoms with E-state index in [9.17, 15) is 9.90 Å². The molecule has 1 aromatic rings. The second kappa shape index (κ2) is 6.29. The summed E-state index contributed by atoms with van der Waals surface area (Å²) in [6.07, 6.45) is 4.16. The van der Waals surface area contributed by atoms with E-state index in [0.717, 1.165) is 32.2 Å². The van der Waals surface area contributed by atoms with Crippen molar-refractivity contribution in [2.24, 2.45) is 11.3 Å². The molecule has 0 radical (unpaired) electrons. The zero-order chi connectivity index (χ0) is 15.6. The van der Waals surface area contributed by atoms with Crippen molar-refractivity contribution in [3.05, 3.63) is 35.9 Å². The predicted octanol–water partition coefficient (Wildman–Crippen LogP) is 2.64. The maximum atomic E-state index is 12.1. The first-order valence-corrected chi connectivity index (χ1v) is 8.32. The van der Waals surface area contributed by atoms with Gasteiger partial charge in [-0.3, -0.25) is 0 Å².